The second kappa shape index (κ2) is 5.04. The third-order valence-corrected chi connectivity index (χ3v) is 2.62. The Bertz CT molecular complexity index is 488. The maximum atomic E-state index is 5.24. The molecule has 3 nitrogen and oxygen atoms in total. The first-order chi connectivity index (χ1) is 8.20. The molecule has 0 atom stereocenters. The molecule has 0 spiro atoms. The van der Waals surface area contributed by atoms with E-state index < -0.39 is 0 Å². The van der Waals surface area contributed by atoms with Crippen molar-refractivity contribution in [3.05, 3.63) is 36.5 Å². The molecule has 0 amide bonds. The molecule has 0 fully saturated rings. The minimum atomic E-state index is 0.583. The van der Waals surface area contributed by atoms with Gasteiger partial charge in [-0.05, 0) is 24.1 Å². The summed E-state index contributed by atoms with van der Waals surface area (Å²) in [5, 5.41) is 4.36. The molecule has 17 heavy (non-hydrogen) atoms. The Hall–Kier alpha value is -1.77. The van der Waals surface area contributed by atoms with E-state index in [4.69, 9.17) is 4.74 Å². The molecule has 0 saturated heterocycles. The third kappa shape index (κ3) is 2.67. The van der Waals surface area contributed by atoms with E-state index in [1.54, 1.807) is 7.11 Å². The minimum Gasteiger partial charge on any atom is -0.497 e. The maximum absolute atomic E-state index is 5.24. The lowest BCUT2D eigenvalue weighted by molar-refractivity contribution is 0.415. The monoisotopic (exact) mass is 230 g/mol. The van der Waals surface area contributed by atoms with Crippen LogP contribution in [-0.4, -0.2) is 16.9 Å². The average molecular weight is 230 g/mol. The third-order valence-electron chi connectivity index (χ3n) is 2.62. The molecule has 1 aromatic heterocycles. The summed E-state index contributed by atoms with van der Waals surface area (Å²) in [4.78, 5) is 0. The van der Waals surface area contributed by atoms with E-state index in [2.05, 4.69) is 25.0 Å². The molecule has 0 aliphatic rings. The van der Waals surface area contributed by atoms with Gasteiger partial charge in [0.1, 0.15) is 5.75 Å². The lowest BCUT2D eigenvalue weighted by Gasteiger charge is -2.10. The lowest BCUT2D eigenvalue weighted by atomic mass is 10.1. The zero-order chi connectivity index (χ0) is 12.3. The molecule has 0 unspecified atom stereocenters. The number of benzene rings is 1. The van der Waals surface area contributed by atoms with Gasteiger partial charge in [0.05, 0.1) is 12.8 Å². The van der Waals surface area contributed by atoms with Crippen molar-refractivity contribution in [2.75, 3.05) is 7.11 Å². The molecule has 90 valence electrons. The van der Waals surface area contributed by atoms with Gasteiger partial charge < -0.3 is 4.74 Å². The highest BCUT2D eigenvalue weighted by molar-refractivity contribution is 5.61. The molecule has 2 rings (SSSR count). The zero-order valence-electron chi connectivity index (χ0n) is 10.6. The summed E-state index contributed by atoms with van der Waals surface area (Å²) in [6, 6.07) is 10.1. The number of methoxy groups -OCH3 is 1. The van der Waals surface area contributed by atoms with Crippen LogP contribution in [-0.2, 0) is 6.54 Å². The van der Waals surface area contributed by atoms with Gasteiger partial charge in [0.15, 0.2) is 0 Å². The van der Waals surface area contributed by atoms with E-state index in [0.29, 0.717) is 5.92 Å². The molecule has 3 heteroatoms. The maximum Gasteiger partial charge on any atom is 0.119 e. The zero-order valence-corrected chi connectivity index (χ0v) is 10.6. The highest BCUT2D eigenvalue weighted by Gasteiger charge is 2.07. The predicted molar refractivity (Wildman–Crippen MR) is 69.1 cm³/mol. The summed E-state index contributed by atoms with van der Waals surface area (Å²) in [5.41, 5.74) is 2.28. The van der Waals surface area contributed by atoms with Crippen LogP contribution in [0.1, 0.15) is 13.8 Å². The Labute approximate surface area is 102 Å². The molecule has 1 heterocycles. The van der Waals surface area contributed by atoms with Gasteiger partial charge in [0.25, 0.3) is 0 Å². The predicted octanol–water partition coefficient (Wildman–Crippen LogP) is 3.21. The highest BCUT2D eigenvalue weighted by Crippen LogP contribution is 2.23. The van der Waals surface area contributed by atoms with Crippen molar-refractivity contribution in [2.45, 2.75) is 20.4 Å². The molecule has 2 aromatic rings. The molecule has 0 aliphatic heterocycles. The number of ether oxygens (including phenoxy) is 1. The van der Waals surface area contributed by atoms with Crippen LogP contribution in [0.2, 0.25) is 0 Å². The van der Waals surface area contributed by atoms with Crippen molar-refractivity contribution in [3.8, 4) is 17.0 Å². The van der Waals surface area contributed by atoms with Gasteiger partial charge in [0.2, 0.25) is 0 Å². The number of nitrogens with zero attached hydrogens (tertiary/aromatic N) is 2. The van der Waals surface area contributed by atoms with Crippen LogP contribution in [0.5, 0.6) is 5.75 Å². The van der Waals surface area contributed by atoms with Gasteiger partial charge in [-0.1, -0.05) is 26.0 Å². The molecule has 0 radical (unpaired) electrons. The van der Waals surface area contributed by atoms with Crippen LogP contribution in [0.4, 0.5) is 0 Å². The lowest BCUT2D eigenvalue weighted by Crippen LogP contribution is -2.07. The summed E-state index contributed by atoms with van der Waals surface area (Å²) in [5.74, 6) is 1.46. The summed E-state index contributed by atoms with van der Waals surface area (Å²) in [6.45, 7) is 5.31. The largest absolute Gasteiger partial charge is 0.497 e. The summed E-state index contributed by atoms with van der Waals surface area (Å²) in [6.07, 6.45) is 1.84. The van der Waals surface area contributed by atoms with Gasteiger partial charge in [0, 0.05) is 18.3 Å². The van der Waals surface area contributed by atoms with Gasteiger partial charge in [-0.3, -0.25) is 4.68 Å². The molecule has 1 aromatic carbocycles. The standard InChI is InChI=1S/C14H18N2O/c1-11(2)10-16-14(7-8-15-16)12-5-4-6-13(9-12)17-3/h4-9,11H,10H2,1-3H3. The van der Waals surface area contributed by atoms with Crippen LogP contribution >= 0.6 is 0 Å². The van der Waals surface area contributed by atoms with E-state index in [-0.39, 0.29) is 0 Å². The first-order valence-corrected chi connectivity index (χ1v) is 5.87. The fraction of sp³-hybridized carbons (Fsp3) is 0.357. The van der Waals surface area contributed by atoms with Gasteiger partial charge in [-0.2, -0.15) is 5.10 Å². The fourth-order valence-corrected chi connectivity index (χ4v) is 1.85. The minimum absolute atomic E-state index is 0.583. The van der Waals surface area contributed by atoms with E-state index in [1.807, 2.05) is 35.1 Å². The molecular formula is C14H18N2O. The summed E-state index contributed by atoms with van der Waals surface area (Å²) in [7, 11) is 1.69. The number of hydrogen-bond acceptors (Lipinski definition) is 2. The van der Waals surface area contributed by atoms with Crippen LogP contribution in [0.15, 0.2) is 36.5 Å². The normalized spacial score (nSPS) is 10.8. The van der Waals surface area contributed by atoms with E-state index >= 15 is 0 Å². The van der Waals surface area contributed by atoms with Crippen LogP contribution in [0.25, 0.3) is 11.3 Å². The number of hydrogen-bond donors (Lipinski definition) is 0. The topological polar surface area (TPSA) is 27.1 Å². The fourth-order valence-electron chi connectivity index (χ4n) is 1.85. The van der Waals surface area contributed by atoms with Gasteiger partial charge in [-0.15, -0.1) is 0 Å². The van der Waals surface area contributed by atoms with Crippen molar-refractivity contribution in [1.82, 2.24) is 9.78 Å². The van der Waals surface area contributed by atoms with Crippen LogP contribution < -0.4 is 4.74 Å². The molecule has 0 bridgehead atoms. The molecule has 0 N–H and O–H groups in total. The first-order valence-electron chi connectivity index (χ1n) is 5.87. The SMILES string of the molecule is COc1cccc(-c2ccnn2CC(C)C)c1. The van der Waals surface area contributed by atoms with E-state index in [0.717, 1.165) is 23.6 Å². The average Bonchev–Trinajstić information content (AvgIpc) is 2.76. The van der Waals surface area contributed by atoms with Gasteiger partial charge >= 0.3 is 0 Å². The number of rotatable bonds is 4. The summed E-state index contributed by atoms with van der Waals surface area (Å²) >= 11 is 0. The number of aromatic nitrogens is 2. The van der Waals surface area contributed by atoms with Crippen molar-refractivity contribution in [3.63, 3.8) is 0 Å². The van der Waals surface area contributed by atoms with Crippen molar-refractivity contribution >= 4 is 0 Å². The Kier molecular flexibility index (Phi) is 3.47. The molecule has 0 saturated carbocycles. The van der Waals surface area contributed by atoms with Crippen LogP contribution in [0, 0.1) is 5.92 Å². The Morgan fingerprint density at radius 2 is 2.12 bits per heavy atom. The van der Waals surface area contributed by atoms with Gasteiger partial charge in [-0.25, -0.2) is 0 Å². The van der Waals surface area contributed by atoms with Crippen molar-refractivity contribution in [1.29, 1.82) is 0 Å². The van der Waals surface area contributed by atoms with E-state index in [1.165, 1.54) is 0 Å². The van der Waals surface area contributed by atoms with Crippen molar-refractivity contribution < 1.29 is 4.74 Å². The Morgan fingerprint density at radius 1 is 1.29 bits per heavy atom. The second-order valence-corrected chi connectivity index (χ2v) is 4.52. The summed E-state index contributed by atoms with van der Waals surface area (Å²) < 4.78 is 7.29. The van der Waals surface area contributed by atoms with Crippen LogP contribution in [0.3, 0.4) is 0 Å². The quantitative estimate of drug-likeness (QED) is 0.806. The highest BCUT2D eigenvalue weighted by atomic mass is 16.5. The van der Waals surface area contributed by atoms with E-state index in [9.17, 15) is 0 Å². The molecule has 0 aliphatic carbocycles. The van der Waals surface area contributed by atoms with Crippen molar-refractivity contribution in [2.24, 2.45) is 5.92 Å². The second-order valence-electron chi connectivity index (χ2n) is 4.52. The smallest absolute Gasteiger partial charge is 0.119 e. The Morgan fingerprint density at radius 3 is 2.82 bits per heavy atom. The first kappa shape index (κ1) is 11.7. The Balaban J connectivity index is 2.35. The molecular weight excluding hydrogens is 212 g/mol.